The predicted octanol–water partition coefficient (Wildman–Crippen LogP) is 6.51. The Labute approximate surface area is 142 Å². The number of halogens is 3. The fraction of sp³-hybridized carbons (Fsp3) is 0.400. The molecule has 1 aromatic rings. The van der Waals surface area contributed by atoms with Gasteiger partial charge in [0.2, 0.25) is 0 Å². The third kappa shape index (κ3) is 5.91. The van der Waals surface area contributed by atoms with Gasteiger partial charge in [0.1, 0.15) is 5.75 Å². The molecule has 1 aromatic carbocycles. The van der Waals surface area contributed by atoms with Gasteiger partial charge in [-0.15, -0.1) is 0 Å². The van der Waals surface area contributed by atoms with Crippen molar-refractivity contribution in [3.8, 4) is 5.75 Å². The molecule has 0 saturated carbocycles. The molecule has 0 spiro atoms. The highest BCUT2D eigenvalue weighted by Crippen LogP contribution is 2.43. The zero-order chi connectivity index (χ0) is 18.3. The quantitative estimate of drug-likeness (QED) is 0.515. The lowest BCUT2D eigenvalue weighted by Crippen LogP contribution is -2.22. The van der Waals surface area contributed by atoms with Crippen molar-refractivity contribution in [3.63, 3.8) is 0 Å². The van der Waals surface area contributed by atoms with Gasteiger partial charge in [-0.05, 0) is 32.8 Å². The Bertz CT molecular complexity index is 624. The molecule has 0 aromatic heterocycles. The van der Waals surface area contributed by atoms with Crippen LogP contribution in [0.2, 0.25) is 0 Å². The van der Waals surface area contributed by atoms with Gasteiger partial charge in [-0.2, -0.15) is 13.2 Å². The Morgan fingerprint density at radius 2 is 2.00 bits per heavy atom. The Hall–Kier alpha value is -1.97. The molecule has 1 unspecified atom stereocenters. The monoisotopic (exact) mass is 338 g/mol. The zero-order valence-electron chi connectivity index (χ0n) is 14.7. The number of aryl methyl sites for hydroxylation is 1. The van der Waals surface area contributed by atoms with Crippen LogP contribution < -0.4 is 4.74 Å². The Morgan fingerprint density at radius 3 is 2.54 bits per heavy atom. The van der Waals surface area contributed by atoms with E-state index in [0.717, 1.165) is 17.6 Å². The Kier molecular flexibility index (Phi) is 7.33. The van der Waals surface area contributed by atoms with Gasteiger partial charge in [0.25, 0.3) is 0 Å². The summed E-state index contributed by atoms with van der Waals surface area (Å²) in [5.74, 6) is -1.32. The van der Waals surface area contributed by atoms with Crippen molar-refractivity contribution < 1.29 is 17.9 Å². The van der Waals surface area contributed by atoms with Crippen LogP contribution in [0.15, 0.2) is 54.2 Å². The van der Waals surface area contributed by atoms with E-state index in [-0.39, 0.29) is 17.7 Å². The average molecular weight is 338 g/mol. The van der Waals surface area contributed by atoms with E-state index in [2.05, 4.69) is 6.58 Å². The van der Waals surface area contributed by atoms with Crippen LogP contribution in [0.3, 0.4) is 0 Å². The highest BCUT2D eigenvalue weighted by Gasteiger charge is 2.42. The third-order valence-electron chi connectivity index (χ3n) is 3.85. The average Bonchev–Trinajstić information content (AvgIpc) is 2.51. The van der Waals surface area contributed by atoms with Crippen molar-refractivity contribution in [2.24, 2.45) is 0 Å². The predicted molar refractivity (Wildman–Crippen MR) is 93.5 cm³/mol. The molecule has 0 N–H and O–H groups in total. The first-order valence-corrected chi connectivity index (χ1v) is 7.91. The van der Waals surface area contributed by atoms with Crippen molar-refractivity contribution in [2.75, 3.05) is 7.11 Å². The first-order chi connectivity index (χ1) is 11.2. The summed E-state index contributed by atoms with van der Waals surface area (Å²) in [6, 6.07) is 4.89. The summed E-state index contributed by atoms with van der Waals surface area (Å²) in [7, 11) is 1.39. The molecule has 0 saturated heterocycles. The van der Waals surface area contributed by atoms with E-state index in [1.165, 1.54) is 7.11 Å². The molecule has 0 fully saturated rings. The van der Waals surface area contributed by atoms with E-state index < -0.39 is 12.1 Å². The largest absolute Gasteiger partial charge is 0.496 e. The maximum absolute atomic E-state index is 13.6. The number of allylic oxidation sites excluding steroid dienone is 5. The van der Waals surface area contributed by atoms with E-state index >= 15 is 0 Å². The minimum Gasteiger partial charge on any atom is -0.496 e. The summed E-state index contributed by atoms with van der Waals surface area (Å²) in [6.45, 7) is 9.30. The SMILES string of the molecule is C=C(/C=C\C=C(/C)CC(c1cc(C)ccc1OC)C(F)(F)F)CC. The summed E-state index contributed by atoms with van der Waals surface area (Å²) in [4.78, 5) is 0. The zero-order valence-corrected chi connectivity index (χ0v) is 14.7. The van der Waals surface area contributed by atoms with E-state index in [9.17, 15) is 13.2 Å². The molecule has 0 heterocycles. The molecule has 1 nitrogen and oxygen atoms in total. The second-order valence-electron chi connectivity index (χ2n) is 5.93. The molecule has 4 heteroatoms. The van der Waals surface area contributed by atoms with Gasteiger partial charge < -0.3 is 4.74 Å². The van der Waals surface area contributed by atoms with Gasteiger partial charge in [-0.3, -0.25) is 0 Å². The van der Waals surface area contributed by atoms with E-state index in [0.29, 0.717) is 5.57 Å². The molecular weight excluding hydrogens is 313 g/mol. The molecule has 0 aliphatic carbocycles. The van der Waals surface area contributed by atoms with Crippen LogP contribution in [0.25, 0.3) is 0 Å². The molecule has 0 aliphatic rings. The molecule has 0 bridgehead atoms. The molecular formula is C20H25F3O. The third-order valence-corrected chi connectivity index (χ3v) is 3.85. The maximum atomic E-state index is 13.6. The van der Waals surface area contributed by atoms with Gasteiger partial charge in [0, 0.05) is 5.56 Å². The maximum Gasteiger partial charge on any atom is 0.396 e. The van der Waals surface area contributed by atoms with Crippen LogP contribution in [0.5, 0.6) is 5.75 Å². The van der Waals surface area contributed by atoms with Crippen LogP contribution in [0, 0.1) is 6.92 Å². The van der Waals surface area contributed by atoms with Crippen LogP contribution >= 0.6 is 0 Å². The van der Waals surface area contributed by atoms with Crippen LogP contribution in [-0.2, 0) is 0 Å². The number of alkyl halides is 3. The summed E-state index contributed by atoms with van der Waals surface area (Å²) < 4.78 is 46.0. The first-order valence-electron chi connectivity index (χ1n) is 7.91. The van der Waals surface area contributed by atoms with Crippen LogP contribution in [-0.4, -0.2) is 13.3 Å². The first kappa shape index (κ1) is 20.1. The van der Waals surface area contributed by atoms with Gasteiger partial charge in [0.05, 0.1) is 13.0 Å². The van der Waals surface area contributed by atoms with Crippen molar-refractivity contribution in [1.82, 2.24) is 0 Å². The molecule has 0 radical (unpaired) electrons. The van der Waals surface area contributed by atoms with Crippen molar-refractivity contribution in [1.29, 1.82) is 0 Å². The summed E-state index contributed by atoms with van der Waals surface area (Å²) in [6.07, 6.45) is 1.65. The Balaban J connectivity index is 3.12. The van der Waals surface area contributed by atoms with E-state index in [4.69, 9.17) is 4.74 Å². The van der Waals surface area contributed by atoms with Crippen molar-refractivity contribution in [3.05, 3.63) is 65.3 Å². The van der Waals surface area contributed by atoms with Gasteiger partial charge in [-0.1, -0.05) is 60.6 Å². The molecule has 0 aliphatic heterocycles. The summed E-state index contributed by atoms with van der Waals surface area (Å²) >= 11 is 0. The molecule has 0 amide bonds. The van der Waals surface area contributed by atoms with E-state index in [1.807, 2.05) is 13.0 Å². The summed E-state index contributed by atoms with van der Waals surface area (Å²) in [5.41, 5.74) is 2.55. The standard InChI is InChI=1S/C20H25F3O/c1-6-14(2)8-7-9-15(3)13-18(20(21,22)23)17-12-16(4)10-11-19(17)24-5/h7-12,18H,2,6,13H2,1,3-5H3/b8-7-,15-9+. The number of hydrogen-bond acceptors (Lipinski definition) is 1. The lowest BCUT2D eigenvalue weighted by atomic mass is 9.90. The minimum atomic E-state index is -4.34. The van der Waals surface area contributed by atoms with Crippen molar-refractivity contribution in [2.45, 2.75) is 45.7 Å². The second-order valence-corrected chi connectivity index (χ2v) is 5.93. The number of hydrogen-bond donors (Lipinski definition) is 0. The smallest absolute Gasteiger partial charge is 0.396 e. The molecule has 1 rings (SSSR count). The fourth-order valence-electron chi connectivity index (χ4n) is 2.38. The fourth-order valence-corrected chi connectivity index (χ4v) is 2.38. The van der Waals surface area contributed by atoms with Gasteiger partial charge in [0.15, 0.2) is 0 Å². The Morgan fingerprint density at radius 1 is 1.33 bits per heavy atom. The van der Waals surface area contributed by atoms with Gasteiger partial charge in [-0.25, -0.2) is 0 Å². The normalized spacial score (nSPS) is 14.0. The molecule has 24 heavy (non-hydrogen) atoms. The topological polar surface area (TPSA) is 9.23 Å². The lowest BCUT2D eigenvalue weighted by molar-refractivity contribution is -0.150. The van der Waals surface area contributed by atoms with Crippen LogP contribution in [0.1, 0.15) is 43.7 Å². The van der Waals surface area contributed by atoms with Gasteiger partial charge >= 0.3 is 6.18 Å². The second kappa shape index (κ2) is 8.76. The summed E-state index contributed by atoms with van der Waals surface area (Å²) in [5, 5.41) is 0. The highest BCUT2D eigenvalue weighted by molar-refractivity contribution is 5.41. The number of benzene rings is 1. The minimum absolute atomic E-state index is 0.105. The van der Waals surface area contributed by atoms with Crippen LogP contribution in [0.4, 0.5) is 13.2 Å². The number of rotatable bonds is 7. The molecule has 1 atom stereocenters. The lowest BCUT2D eigenvalue weighted by Gasteiger charge is -2.23. The highest BCUT2D eigenvalue weighted by atomic mass is 19.4. The number of ether oxygens (including phenoxy) is 1. The van der Waals surface area contributed by atoms with E-state index in [1.54, 1.807) is 44.2 Å². The number of methoxy groups -OCH3 is 1. The van der Waals surface area contributed by atoms with Crippen molar-refractivity contribution >= 4 is 0 Å². The molecule has 132 valence electrons.